The maximum absolute atomic E-state index is 11.8. The fourth-order valence-electron chi connectivity index (χ4n) is 1.23. The first-order valence-electron chi connectivity index (χ1n) is 4.80. The molecule has 18 heavy (non-hydrogen) atoms. The number of thiophene rings is 1. The standard InChI is InChI=1S/C10H8ClNO4S2/c11-9-3-2-8(17-9)5-12-18(14,15)10-4-1-7(6-13)16-10/h1-4,6,12H,5H2. The number of hydrogen-bond donors (Lipinski definition) is 1. The van der Waals surface area contributed by atoms with E-state index in [0.29, 0.717) is 10.6 Å². The molecule has 8 heteroatoms. The van der Waals surface area contributed by atoms with E-state index in [-0.39, 0.29) is 17.4 Å². The molecule has 1 N–H and O–H groups in total. The summed E-state index contributed by atoms with van der Waals surface area (Å²) in [4.78, 5) is 11.2. The molecular formula is C10H8ClNO4S2. The number of sulfonamides is 1. The van der Waals surface area contributed by atoms with Crippen LogP contribution in [0.2, 0.25) is 4.34 Å². The van der Waals surface area contributed by atoms with Crippen LogP contribution in [0.4, 0.5) is 0 Å². The number of nitrogens with one attached hydrogen (secondary N) is 1. The zero-order valence-electron chi connectivity index (χ0n) is 8.92. The summed E-state index contributed by atoms with van der Waals surface area (Å²) in [5.41, 5.74) is 0. The molecule has 2 heterocycles. The fourth-order valence-corrected chi connectivity index (χ4v) is 3.29. The number of hydrogen-bond acceptors (Lipinski definition) is 5. The predicted octanol–water partition coefficient (Wildman–Crippen LogP) is 2.29. The van der Waals surface area contributed by atoms with Gasteiger partial charge in [-0.3, -0.25) is 4.79 Å². The summed E-state index contributed by atoms with van der Waals surface area (Å²) >= 11 is 7.02. The largest absolute Gasteiger partial charge is 0.440 e. The number of halogens is 1. The number of furan rings is 1. The molecule has 0 aliphatic heterocycles. The zero-order chi connectivity index (χ0) is 13.2. The summed E-state index contributed by atoms with van der Waals surface area (Å²) in [5.74, 6) is -0.0328. The highest BCUT2D eigenvalue weighted by Gasteiger charge is 2.18. The van der Waals surface area contributed by atoms with Crippen LogP contribution in [0.1, 0.15) is 15.4 Å². The normalized spacial score (nSPS) is 11.6. The van der Waals surface area contributed by atoms with Gasteiger partial charge in [0, 0.05) is 11.4 Å². The molecule has 0 fully saturated rings. The Morgan fingerprint density at radius 2 is 2.11 bits per heavy atom. The third kappa shape index (κ3) is 2.99. The van der Waals surface area contributed by atoms with Crippen LogP contribution in [-0.2, 0) is 16.6 Å². The van der Waals surface area contributed by atoms with E-state index in [1.54, 1.807) is 12.1 Å². The second-order valence-corrected chi connectivity index (χ2v) is 6.80. The molecule has 96 valence electrons. The summed E-state index contributed by atoms with van der Waals surface area (Å²) in [6.07, 6.45) is 0.443. The predicted molar refractivity (Wildman–Crippen MR) is 67.5 cm³/mol. The van der Waals surface area contributed by atoms with Crippen molar-refractivity contribution in [2.75, 3.05) is 0 Å². The van der Waals surface area contributed by atoms with Crippen molar-refractivity contribution in [3.8, 4) is 0 Å². The van der Waals surface area contributed by atoms with Gasteiger partial charge in [-0.2, -0.15) is 0 Å². The monoisotopic (exact) mass is 305 g/mol. The van der Waals surface area contributed by atoms with E-state index in [0.717, 1.165) is 4.88 Å². The topological polar surface area (TPSA) is 76.4 Å². The molecular weight excluding hydrogens is 298 g/mol. The van der Waals surface area contributed by atoms with Crippen molar-refractivity contribution in [1.29, 1.82) is 0 Å². The number of rotatable bonds is 5. The number of aldehydes is 1. The summed E-state index contributed by atoms with van der Waals surface area (Å²) < 4.78 is 31.4. The molecule has 0 spiro atoms. The first-order valence-corrected chi connectivity index (χ1v) is 7.48. The van der Waals surface area contributed by atoms with Crippen molar-refractivity contribution in [3.63, 3.8) is 0 Å². The highest BCUT2D eigenvalue weighted by Crippen LogP contribution is 2.21. The third-order valence-electron chi connectivity index (χ3n) is 2.05. The van der Waals surface area contributed by atoms with Gasteiger partial charge in [0.2, 0.25) is 5.09 Å². The van der Waals surface area contributed by atoms with Gasteiger partial charge >= 0.3 is 0 Å². The molecule has 0 amide bonds. The molecule has 0 bridgehead atoms. The average molecular weight is 306 g/mol. The minimum atomic E-state index is -3.75. The van der Waals surface area contributed by atoms with E-state index in [9.17, 15) is 13.2 Å². The fraction of sp³-hybridized carbons (Fsp3) is 0.100. The van der Waals surface area contributed by atoms with Crippen molar-refractivity contribution < 1.29 is 17.6 Å². The highest BCUT2D eigenvalue weighted by atomic mass is 35.5. The summed E-state index contributed by atoms with van der Waals surface area (Å²) in [5, 5.41) is -0.285. The van der Waals surface area contributed by atoms with E-state index < -0.39 is 10.0 Å². The van der Waals surface area contributed by atoms with Crippen LogP contribution in [-0.4, -0.2) is 14.7 Å². The lowest BCUT2D eigenvalue weighted by Gasteiger charge is -2.01. The first-order chi connectivity index (χ1) is 8.51. The Morgan fingerprint density at radius 3 is 2.67 bits per heavy atom. The van der Waals surface area contributed by atoms with Crippen molar-refractivity contribution in [2.45, 2.75) is 11.6 Å². The molecule has 0 aliphatic carbocycles. The third-order valence-corrected chi connectivity index (χ3v) is 4.55. The zero-order valence-corrected chi connectivity index (χ0v) is 11.3. The lowest BCUT2D eigenvalue weighted by atomic mass is 10.5. The minimum Gasteiger partial charge on any atom is -0.440 e. The Labute approximate surface area is 112 Å². The van der Waals surface area contributed by atoms with Gasteiger partial charge in [-0.15, -0.1) is 11.3 Å². The Balaban J connectivity index is 2.09. The molecule has 5 nitrogen and oxygen atoms in total. The van der Waals surface area contributed by atoms with Crippen LogP contribution < -0.4 is 4.72 Å². The van der Waals surface area contributed by atoms with Crippen molar-refractivity contribution in [3.05, 3.63) is 39.2 Å². The van der Waals surface area contributed by atoms with E-state index in [2.05, 4.69) is 4.72 Å². The van der Waals surface area contributed by atoms with E-state index in [1.807, 2.05) is 0 Å². The Morgan fingerprint density at radius 1 is 1.33 bits per heavy atom. The molecule has 0 saturated carbocycles. The van der Waals surface area contributed by atoms with Gasteiger partial charge in [0.1, 0.15) is 0 Å². The van der Waals surface area contributed by atoms with Crippen LogP contribution in [0.3, 0.4) is 0 Å². The quantitative estimate of drug-likeness (QED) is 0.860. The van der Waals surface area contributed by atoms with Crippen molar-refractivity contribution >= 4 is 39.2 Å². The minimum absolute atomic E-state index is 0.0328. The molecule has 0 saturated heterocycles. The van der Waals surface area contributed by atoms with Gasteiger partial charge in [0.25, 0.3) is 10.0 Å². The van der Waals surface area contributed by atoms with Crippen LogP contribution >= 0.6 is 22.9 Å². The molecule has 0 atom stereocenters. The van der Waals surface area contributed by atoms with Crippen LogP contribution in [0.25, 0.3) is 0 Å². The van der Waals surface area contributed by atoms with Crippen molar-refractivity contribution in [1.82, 2.24) is 4.72 Å². The molecule has 2 rings (SSSR count). The van der Waals surface area contributed by atoms with Crippen LogP contribution in [0, 0.1) is 0 Å². The van der Waals surface area contributed by atoms with E-state index >= 15 is 0 Å². The molecule has 0 aliphatic rings. The Kier molecular flexibility index (Phi) is 3.86. The molecule has 2 aromatic heterocycles. The van der Waals surface area contributed by atoms with Crippen molar-refractivity contribution in [2.24, 2.45) is 0 Å². The lowest BCUT2D eigenvalue weighted by Crippen LogP contribution is -2.22. The maximum atomic E-state index is 11.8. The van der Waals surface area contributed by atoms with Crippen LogP contribution in [0.5, 0.6) is 0 Å². The van der Waals surface area contributed by atoms with E-state index in [4.69, 9.17) is 16.0 Å². The van der Waals surface area contributed by atoms with Gasteiger partial charge in [-0.05, 0) is 24.3 Å². The molecule has 2 aromatic rings. The van der Waals surface area contributed by atoms with Gasteiger partial charge in [0.15, 0.2) is 12.0 Å². The number of carbonyl (C=O) groups is 1. The number of carbonyl (C=O) groups excluding carboxylic acids is 1. The Bertz CT molecular complexity index is 659. The lowest BCUT2D eigenvalue weighted by molar-refractivity contribution is 0.109. The molecule has 0 radical (unpaired) electrons. The molecule has 0 unspecified atom stereocenters. The maximum Gasteiger partial charge on any atom is 0.274 e. The summed E-state index contributed by atoms with van der Waals surface area (Å²) in [6, 6.07) is 5.94. The van der Waals surface area contributed by atoms with Gasteiger partial charge < -0.3 is 4.42 Å². The second-order valence-electron chi connectivity index (χ2n) is 3.31. The average Bonchev–Trinajstić information content (AvgIpc) is 2.95. The Hall–Kier alpha value is -1.15. The summed E-state index contributed by atoms with van der Waals surface area (Å²) in [6.45, 7) is 0.122. The highest BCUT2D eigenvalue weighted by molar-refractivity contribution is 7.89. The first kappa shape index (κ1) is 13.3. The summed E-state index contributed by atoms with van der Waals surface area (Å²) in [7, 11) is -3.75. The van der Waals surface area contributed by atoms with Gasteiger partial charge in [0.05, 0.1) is 4.34 Å². The second kappa shape index (κ2) is 5.23. The van der Waals surface area contributed by atoms with Crippen LogP contribution in [0.15, 0.2) is 33.8 Å². The van der Waals surface area contributed by atoms with E-state index in [1.165, 1.54) is 23.5 Å². The smallest absolute Gasteiger partial charge is 0.274 e. The van der Waals surface area contributed by atoms with Gasteiger partial charge in [-0.1, -0.05) is 11.6 Å². The molecule has 0 aromatic carbocycles. The van der Waals surface area contributed by atoms with Gasteiger partial charge in [-0.25, -0.2) is 13.1 Å². The SMILES string of the molecule is O=Cc1ccc(S(=O)(=O)NCc2ccc(Cl)s2)o1.